The lowest BCUT2D eigenvalue weighted by atomic mass is 9.82. The molecular weight excluding hydrogens is 228 g/mol. The molecule has 0 unspecified atom stereocenters. The van der Waals surface area contributed by atoms with Crippen LogP contribution in [0.1, 0.15) is 36.0 Å². The minimum absolute atomic E-state index is 0.157. The Balaban J connectivity index is 1.98. The van der Waals surface area contributed by atoms with Gasteiger partial charge in [0.05, 0.1) is 13.2 Å². The van der Waals surface area contributed by atoms with Gasteiger partial charge in [-0.2, -0.15) is 0 Å². The van der Waals surface area contributed by atoms with Gasteiger partial charge in [0, 0.05) is 18.6 Å². The molecule has 1 saturated carbocycles. The van der Waals surface area contributed by atoms with E-state index in [0.717, 1.165) is 37.0 Å². The second-order valence-electron chi connectivity index (χ2n) is 4.80. The van der Waals surface area contributed by atoms with Crippen LogP contribution in [-0.4, -0.2) is 26.1 Å². The van der Waals surface area contributed by atoms with Gasteiger partial charge in [-0.25, -0.2) is 0 Å². The maximum atomic E-state index is 12.3. The Bertz CT molecular complexity index is 389. The minimum Gasteiger partial charge on any atom is -0.497 e. The lowest BCUT2D eigenvalue weighted by Gasteiger charge is -2.26. The first-order chi connectivity index (χ1) is 8.74. The summed E-state index contributed by atoms with van der Waals surface area (Å²) in [5.41, 5.74) is 0.789. The van der Waals surface area contributed by atoms with Crippen LogP contribution >= 0.6 is 0 Å². The van der Waals surface area contributed by atoms with Crippen molar-refractivity contribution in [1.82, 2.24) is 0 Å². The van der Waals surface area contributed by atoms with Crippen molar-refractivity contribution in [3.63, 3.8) is 0 Å². The molecule has 0 bridgehead atoms. The van der Waals surface area contributed by atoms with E-state index in [0.29, 0.717) is 6.10 Å². The van der Waals surface area contributed by atoms with E-state index in [1.165, 1.54) is 0 Å². The Morgan fingerprint density at radius 2 is 1.67 bits per heavy atom. The molecule has 3 nitrogen and oxygen atoms in total. The summed E-state index contributed by atoms with van der Waals surface area (Å²) in [5.74, 6) is 1.20. The Morgan fingerprint density at radius 1 is 1.06 bits per heavy atom. The van der Waals surface area contributed by atoms with Crippen LogP contribution in [0.4, 0.5) is 0 Å². The number of benzene rings is 1. The number of ketones is 1. The molecule has 0 radical (unpaired) electrons. The predicted octanol–water partition coefficient (Wildman–Crippen LogP) is 3.08. The molecule has 18 heavy (non-hydrogen) atoms. The minimum atomic E-state index is 0.157. The zero-order chi connectivity index (χ0) is 13.0. The van der Waals surface area contributed by atoms with Crippen molar-refractivity contribution < 1.29 is 14.3 Å². The third-order valence-corrected chi connectivity index (χ3v) is 3.75. The molecule has 0 heterocycles. The molecule has 98 valence electrons. The van der Waals surface area contributed by atoms with Gasteiger partial charge in [-0.3, -0.25) is 4.79 Å². The number of Topliss-reactive ketones (excluding diaryl/α,β-unsaturated/α-hetero) is 1. The van der Waals surface area contributed by atoms with Gasteiger partial charge in [0.2, 0.25) is 0 Å². The number of carbonyl (C=O) groups is 1. The van der Waals surface area contributed by atoms with Gasteiger partial charge in [-0.15, -0.1) is 0 Å². The van der Waals surface area contributed by atoms with E-state index in [1.54, 1.807) is 14.2 Å². The second kappa shape index (κ2) is 6.01. The Kier molecular flexibility index (Phi) is 4.37. The highest BCUT2D eigenvalue weighted by Crippen LogP contribution is 2.29. The van der Waals surface area contributed by atoms with Crippen LogP contribution in [0.25, 0.3) is 0 Å². The van der Waals surface area contributed by atoms with Gasteiger partial charge >= 0.3 is 0 Å². The van der Waals surface area contributed by atoms with Crippen molar-refractivity contribution in [1.29, 1.82) is 0 Å². The zero-order valence-electron chi connectivity index (χ0n) is 11.0. The molecule has 0 aliphatic heterocycles. The molecule has 0 spiro atoms. The van der Waals surface area contributed by atoms with Crippen molar-refractivity contribution in [3.05, 3.63) is 29.8 Å². The summed E-state index contributed by atoms with van der Waals surface area (Å²) in [5, 5.41) is 0. The Morgan fingerprint density at radius 3 is 2.17 bits per heavy atom. The van der Waals surface area contributed by atoms with Gasteiger partial charge in [-0.1, -0.05) is 0 Å². The van der Waals surface area contributed by atoms with Crippen molar-refractivity contribution >= 4 is 5.78 Å². The molecule has 1 fully saturated rings. The first kappa shape index (κ1) is 13.1. The highest BCUT2D eigenvalue weighted by molar-refractivity contribution is 5.98. The number of carbonyl (C=O) groups excluding carboxylic acids is 1. The van der Waals surface area contributed by atoms with Crippen LogP contribution in [-0.2, 0) is 4.74 Å². The molecule has 0 N–H and O–H groups in total. The molecule has 3 heteroatoms. The first-order valence-electron chi connectivity index (χ1n) is 6.45. The van der Waals surface area contributed by atoms with Gasteiger partial charge < -0.3 is 9.47 Å². The summed E-state index contributed by atoms with van der Waals surface area (Å²) >= 11 is 0. The molecule has 0 atom stereocenters. The average Bonchev–Trinajstić information content (AvgIpc) is 2.47. The summed E-state index contributed by atoms with van der Waals surface area (Å²) in [4.78, 5) is 12.3. The van der Waals surface area contributed by atoms with E-state index in [2.05, 4.69) is 0 Å². The molecule has 1 aliphatic carbocycles. The molecule has 1 aliphatic rings. The highest BCUT2D eigenvalue weighted by Gasteiger charge is 2.26. The fourth-order valence-electron chi connectivity index (χ4n) is 2.55. The van der Waals surface area contributed by atoms with E-state index in [9.17, 15) is 4.79 Å². The second-order valence-corrected chi connectivity index (χ2v) is 4.80. The third-order valence-electron chi connectivity index (χ3n) is 3.75. The molecule has 0 saturated heterocycles. The quantitative estimate of drug-likeness (QED) is 0.768. The van der Waals surface area contributed by atoms with Crippen LogP contribution in [0, 0.1) is 5.92 Å². The predicted molar refractivity (Wildman–Crippen MR) is 70.1 cm³/mol. The van der Waals surface area contributed by atoms with Crippen LogP contribution < -0.4 is 4.74 Å². The van der Waals surface area contributed by atoms with Gasteiger partial charge in [0.15, 0.2) is 5.78 Å². The van der Waals surface area contributed by atoms with Crippen molar-refractivity contribution in [2.75, 3.05) is 14.2 Å². The molecule has 1 aromatic carbocycles. The summed E-state index contributed by atoms with van der Waals surface area (Å²) in [7, 11) is 3.37. The highest BCUT2D eigenvalue weighted by atomic mass is 16.5. The Hall–Kier alpha value is -1.35. The molecule has 0 amide bonds. The van der Waals surface area contributed by atoms with E-state index in [4.69, 9.17) is 9.47 Å². The standard InChI is InChI=1S/C15H20O3/c1-17-13-7-3-11(4-8-13)15(16)12-5-9-14(18-2)10-6-12/h3-4,7-8,12,14H,5-6,9-10H2,1-2H3. The largest absolute Gasteiger partial charge is 0.497 e. The topological polar surface area (TPSA) is 35.5 Å². The summed E-state index contributed by atoms with van der Waals surface area (Å²) in [6.07, 6.45) is 4.18. The maximum absolute atomic E-state index is 12.3. The average molecular weight is 248 g/mol. The van der Waals surface area contributed by atoms with Gasteiger partial charge in [0.25, 0.3) is 0 Å². The number of rotatable bonds is 4. The van der Waals surface area contributed by atoms with Crippen molar-refractivity contribution in [3.8, 4) is 5.75 Å². The molecule has 1 aromatic rings. The lowest BCUT2D eigenvalue weighted by molar-refractivity contribution is 0.0519. The maximum Gasteiger partial charge on any atom is 0.165 e. The monoisotopic (exact) mass is 248 g/mol. The van der Waals surface area contributed by atoms with Crippen molar-refractivity contribution in [2.24, 2.45) is 5.92 Å². The van der Waals surface area contributed by atoms with E-state index in [-0.39, 0.29) is 11.7 Å². The van der Waals surface area contributed by atoms with Crippen LogP contribution in [0.5, 0.6) is 5.75 Å². The van der Waals surface area contributed by atoms with Gasteiger partial charge in [0.1, 0.15) is 5.75 Å². The number of methoxy groups -OCH3 is 2. The van der Waals surface area contributed by atoms with E-state index >= 15 is 0 Å². The van der Waals surface area contributed by atoms with E-state index < -0.39 is 0 Å². The van der Waals surface area contributed by atoms with Crippen LogP contribution in [0.15, 0.2) is 24.3 Å². The van der Waals surface area contributed by atoms with Crippen molar-refractivity contribution in [2.45, 2.75) is 31.8 Å². The molecule has 2 rings (SSSR count). The summed E-state index contributed by atoms with van der Waals surface area (Å²) < 4.78 is 10.4. The zero-order valence-corrected chi connectivity index (χ0v) is 11.0. The fraction of sp³-hybridized carbons (Fsp3) is 0.533. The number of ether oxygens (including phenoxy) is 2. The molecule has 0 aromatic heterocycles. The first-order valence-corrected chi connectivity index (χ1v) is 6.45. The molecular formula is C15H20O3. The number of hydrogen-bond acceptors (Lipinski definition) is 3. The summed E-state index contributed by atoms with van der Waals surface area (Å²) in [6.45, 7) is 0. The van der Waals surface area contributed by atoms with Crippen LogP contribution in [0.2, 0.25) is 0 Å². The number of hydrogen-bond donors (Lipinski definition) is 0. The summed E-state index contributed by atoms with van der Waals surface area (Å²) in [6, 6.07) is 7.38. The van der Waals surface area contributed by atoms with E-state index in [1.807, 2.05) is 24.3 Å². The normalized spacial score (nSPS) is 23.7. The fourth-order valence-corrected chi connectivity index (χ4v) is 2.55. The van der Waals surface area contributed by atoms with Crippen LogP contribution in [0.3, 0.4) is 0 Å². The SMILES string of the molecule is COc1ccc(C(=O)C2CCC(OC)CC2)cc1. The smallest absolute Gasteiger partial charge is 0.165 e. The van der Waals surface area contributed by atoms with Gasteiger partial charge in [-0.05, 0) is 49.9 Å². The lowest BCUT2D eigenvalue weighted by Crippen LogP contribution is -2.25. The Labute approximate surface area is 108 Å². The third kappa shape index (κ3) is 2.91.